The van der Waals surface area contributed by atoms with Crippen molar-refractivity contribution in [2.45, 2.75) is 82.4 Å². The van der Waals surface area contributed by atoms with Crippen molar-refractivity contribution in [3.63, 3.8) is 0 Å². The average molecular weight is 426 g/mol. The van der Waals surface area contributed by atoms with E-state index >= 15 is 0 Å². The molecule has 0 radical (unpaired) electrons. The van der Waals surface area contributed by atoms with Crippen LogP contribution in [0.15, 0.2) is 0 Å². The number of hydrogen-bond donors (Lipinski definition) is 3. The number of alkyl halides is 2. The maximum Gasteiger partial charge on any atom is 0.465 e. The van der Waals surface area contributed by atoms with E-state index in [2.05, 4.69) is 0 Å². The van der Waals surface area contributed by atoms with Crippen LogP contribution in [0.1, 0.15) is 59.8 Å². The number of ether oxygens (including phenoxy) is 1. The highest BCUT2D eigenvalue weighted by atomic mass is 32.2. The Labute approximate surface area is 163 Å². The lowest BCUT2D eigenvalue weighted by Gasteiger charge is -2.70. The van der Waals surface area contributed by atoms with E-state index in [1.807, 2.05) is 0 Å². The Morgan fingerprint density at radius 2 is 1.64 bits per heavy atom. The summed E-state index contributed by atoms with van der Waals surface area (Å²) in [4.78, 5) is 12.0. The van der Waals surface area contributed by atoms with E-state index in [-0.39, 0.29) is 12.3 Å². The molecule has 10 heteroatoms. The van der Waals surface area contributed by atoms with E-state index in [1.54, 1.807) is 13.8 Å². The molecule has 4 fully saturated rings. The molecule has 28 heavy (non-hydrogen) atoms. The van der Waals surface area contributed by atoms with Crippen molar-refractivity contribution < 1.29 is 41.5 Å². The van der Waals surface area contributed by atoms with Gasteiger partial charge in [-0.15, -0.1) is 0 Å². The van der Waals surface area contributed by atoms with Gasteiger partial charge in [0.25, 0.3) is 0 Å². The predicted octanol–water partition coefficient (Wildman–Crippen LogP) is 2.12. The fraction of sp³-hybridized carbons (Fsp3) is 0.944. The van der Waals surface area contributed by atoms with E-state index in [0.717, 1.165) is 6.42 Å². The highest BCUT2D eigenvalue weighted by molar-refractivity contribution is 7.87. The molecule has 0 aliphatic heterocycles. The van der Waals surface area contributed by atoms with Crippen LogP contribution in [0.25, 0.3) is 0 Å². The van der Waals surface area contributed by atoms with Gasteiger partial charge in [0.2, 0.25) is 0 Å². The zero-order valence-corrected chi connectivity index (χ0v) is 17.2. The summed E-state index contributed by atoms with van der Waals surface area (Å²) in [5.74, 6) is -2.61. The van der Waals surface area contributed by atoms with Crippen molar-refractivity contribution in [1.29, 1.82) is 0 Å². The molecule has 0 spiro atoms. The largest absolute Gasteiger partial charge is 0.465 e. The molecule has 0 aromatic rings. The van der Waals surface area contributed by atoms with Crippen molar-refractivity contribution in [3.8, 4) is 0 Å². The third kappa shape index (κ3) is 2.90. The van der Waals surface area contributed by atoms with Crippen LogP contribution in [-0.2, 0) is 19.6 Å². The van der Waals surface area contributed by atoms with Gasteiger partial charge in [-0.3, -0.25) is 4.55 Å². The molecule has 0 amide bonds. The van der Waals surface area contributed by atoms with Gasteiger partial charge in [0, 0.05) is 10.8 Å². The SMILES string of the molecule is CC(C)(O)C12CC3CC(C1)C(OC(=O)C(F)(F)S(=O)(=O)O)C(C(C)(C)O)(C3)C2. The first-order valence-electron chi connectivity index (χ1n) is 9.37. The number of halogens is 2. The fourth-order valence-electron chi connectivity index (χ4n) is 6.15. The van der Waals surface area contributed by atoms with Crippen LogP contribution in [0.2, 0.25) is 0 Å². The second-order valence-electron chi connectivity index (χ2n) is 10.0. The summed E-state index contributed by atoms with van der Waals surface area (Å²) in [5.41, 5.74) is -4.19. The molecule has 162 valence electrons. The lowest BCUT2D eigenvalue weighted by molar-refractivity contribution is -0.288. The average Bonchev–Trinajstić information content (AvgIpc) is 2.46. The molecule has 0 heterocycles. The summed E-state index contributed by atoms with van der Waals surface area (Å²) in [6.07, 6.45) is 1.26. The Morgan fingerprint density at radius 3 is 2.11 bits per heavy atom. The maximum absolute atomic E-state index is 13.8. The predicted molar refractivity (Wildman–Crippen MR) is 93.9 cm³/mol. The molecular weight excluding hydrogens is 398 g/mol. The summed E-state index contributed by atoms with van der Waals surface area (Å²) in [5, 5.41) is 16.7. The van der Waals surface area contributed by atoms with Crippen molar-refractivity contribution >= 4 is 16.1 Å². The van der Waals surface area contributed by atoms with E-state index < -0.39 is 55.4 Å². The first-order chi connectivity index (χ1) is 12.4. The summed E-state index contributed by atoms with van der Waals surface area (Å²) in [7, 11) is -5.98. The Kier molecular flexibility index (Phi) is 4.57. The number of hydrogen-bond acceptors (Lipinski definition) is 6. The van der Waals surface area contributed by atoms with Crippen LogP contribution in [-0.4, -0.2) is 51.7 Å². The van der Waals surface area contributed by atoms with Gasteiger partial charge >= 0.3 is 21.3 Å². The molecule has 7 nitrogen and oxygen atoms in total. The summed E-state index contributed by atoms with van der Waals surface area (Å²) < 4.78 is 63.2. The van der Waals surface area contributed by atoms with Crippen LogP contribution in [0.3, 0.4) is 0 Å². The van der Waals surface area contributed by atoms with Gasteiger partial charge in [0.1, 0.15) is 6.10 Å². The summed E-state index contributed by atoms with van der Waals surface area (Å²) in [6, 6.07) is 0. The molecule has 0 saturated heterocycles. The quantitative estimate of drug-likeness (QED) is 0.455. The third-order valence-corrected chi connectivity index (χ3v) is 8.37. The maximum atomic E-state index is 13.8. The zero-order valence-electron chi connectivity index (χ0n) is 16.4. The Bertz CT molecular complexity index is 783. The summed E-state index contributed by atoms with van der Waals surface area (Å²) in [6.45, 7) is 6.40. The normalized spacial score (nSPS) is 38.5. The van der Waals surface area contributed by atoms with Crippen LogP contribution >= 0.6 is 0 Å². The van der Waals surface area contributed by atoms with Gasteiger partial charge in [0.15, 0.2) is 0 Å². The minimum absolute atomic E-state index is 0.127. The molecule has 3 N–H and O–H groups in total. The third-order valence-electron chi connectivity index (χ3n) is 7.56. The number of carbonyl (C=O) groups is 1. The molecule has 4 saturated carbocycles. The highest BCUT2D eigenvalue weighted by Gasteiger charge is 2.71. The number of carbonyl (C=O) groups excluding carboxylic acids is 1. The van der Waals surface area contributed by atoms with E-state index in [0.29, 0.717) is 19.3 Å². The number of esters is 1. The number of aliphatic hydroxyl groups is 2. The van der Waals surface area contributed by atoms with Crippen molar-refractivity contribution in [1.82, 2.24) is 0 Å². The molecule has 4 aliphatic rings. The van der Waals surface area contributed by atoms with Crippen molar-refractivity contribution in [2.75, 3.05) is 0 Å². The molecule has 5 atom stereocenters. The van der Waals surface area contributed by atoms with Gasteiger partial charge in [-0.1, -0.05) is 0 Å². The second-order valence-corrected chi connectivity index (χ2v) is 11.5. The first-order valence-corrected chi connectivity index (χ1v) is 10.8. The van der Waals surface area contributed by atoms with Gasteiger partial charge in [-0.25, -0.2) is 4.79 Å². The fourth-order valence-corrected chi connectivity index (χ4v) is 6.41. The smallest absolute Gasteiger partial charge is 0.456 e. The van der Waals surface area contributed by atoms with Crippen LogP contribution < -0.4 is 0 Å². The molecule has 4 aliphatic carbocycles. The second kappa shape index (κ2) is 5.86. The van der Waals surface area contributed by atoms with E-state index in [9.17, 15) is 32.2 Å². The standard InChI is InChI=1S/C18H28F2O7S/c1-14(2,22)16-6-10-5-11(8-16)12(17(7-10,9-16)15(3,4)23)27-13(21)18(19,20)28(24,25)26/h10-12,22-23H,5-9H2,1-4H3,(H,24,25,26). The van der Waals surface area contributed by atoms with Crippen LogP contribution in [0.5, 0.6) is 0 Å². The molecule has 4 rings (SSSR count). The van der Waals surface area contributed by atoms with Gasteiger partial charge < -0.3 is 14.9 Å². The Hall–Kier alpha value is -0.840. The lowest BCUT2D eigenvalue weighted by Crippen LogP contribution is -2.71. The minimum atomic E-state index is -5.98. The molecule has 0 aromatic carbocycles. The molecular formula is C18H28F2O7S. The molecule has 0 aromatic heterocycles. The van der Waals surface area contributed by atoms with Gasteiger partial charge in [0.05, 0.1) is 11.2 Å². The lowest BCUT2D eigenvalue weighted by atomic mass is 9.37. The van der Waals surface area contributed by atoms with Gasteiger partial charge in [-0.2, -0.15) is 17.2 Å². The van der Waals surface area contributed by atoms with E-state index in [4.69, 9.17) is 9.29 Å². The topological polar surface area (TPSA) is 121 Å². The monoisotopic (exact) mass is 426 g/mol. The number of rotatable bonds is 5. The van der Waals surface area contributed by atoms with E-state index in [1.165, 1.54) is 13.8 Å². The first kappa shape index (κ1) is 21.9. The van der Waals surface area contributed by atoms with Crippen molar-refractivity contribution in [3.05, 3.63) is 0 Å². The van der Waals surface area contributed by atoms with Gasteiger partial charge in [-0.05, 0) is 71.6 Å². The Morgan fingerprint density at radius 1 is 1.07 bits per heavy atom. The van der Waals surface area contributed by atoms with Crippen molar-refractivity contribution in [2.24, 2.45) is 22.7 Å². The zero-order chi connectivity index (χ0) is 21.6. The molecule has 5 unspecified atom stereocenters. The van der Waals surface area contributed by atoms with Crippen LogP contribution in [0.4, 0.5) is 8.78 Å². The minimum Gasteiger partial charge on any atom is -0.456 e. The van der Waals surface area contributed by atoms with Crippen LogP contribution in [0, 0.1) is 22.7 Å². The summed E-state index contributed by atoms with van der Waals surface area (Å²) >= 11 is 0. The molecule has 4 bridgehead atoms. The Balaban J connectivity index is 2.03. The highest BCUT2D eigenvalue weighted by Crippen LogP contribution is 2.71.